The fraction of sp³-hybridized carbons (Fsp3) is 0.473. The molecule has 6 aliphatic rings. The molecule has 0 radical (unpaired) electrons. The van der Waals surface area contributed by atoms with Gasteiger partial charge in [0.25, 0.3) is 23.5 Å². The van der Waals surface area contributed by atoms with Gasteiger partial charge in [0.05, 0.1) is 29.4 Å². The van der Waals surface area contributed by atoms with E-state index in [9.17, 15) is 58.5 Å². The van der Waals surface area contributed by atoms with Crippen LogP contribution in [0.25, 0.3) is 33.3 Å². The van der Waals surface area contributed by atoms with Crippen molar-refractivity contribution in [2.75, 3.05) is 61.9 Å². The Morgan fingerprint density at radius 3 is 2.25 bits per heavy atom. The number of benzene rings is 4. The number of unbranched alkanes of at least 4 members (excludes halogenated alkanes) is 2. The summed E-state index contributed by atoms with van der Waals surface area (Å²) in [6.07, 6.45) is 12.0. The third-order valence-corrected chi connectivity index (χ3v) is 19.1. The number of methoxy groups -OCH3 is 1. The molecule has 9 atom stereocenters. The fourth-order valence-corrected chi connectivity index (χ4v) is 13.3. The van der Waals surface area contributed by atoms with Crippen molar-refractivity contribution in [3.63, 3.8) is 0 Å². The molecule has 0 saturated carbocycles. The molecule has 0 spiro atoms. The Morgan fingerprint density at radius 2 is 1.58 bits per heavy atom. The van der Waals surface area contributed by atoms with Gasteiger partial charge in [-0.2, -0.15) is 0 Å². The number of aliphatic hydroxyl groups is 1. The number of piperazine rings is 1. The van der Waals surface area contributed by atoms with Crippen molar-refractivity contribution in [1.82, 2.24) is 30.7 Å². The minimum absolute atomic E-state index is 0.0149. The van der Waals surface area contributed by atoms with Gasteiger partial charge in [0.2, 0.25) is 23.2 Å². The first kappa shape index (κ1) is 75.8. The van der Waals surface area contributed by atoms with E-state index in [1.54, 1.807) is 69.3 Å². The zero-order valence-electron chi connectivity index (χ0n) is 59.1. The monoisotopic (exact) mass is 1410 g/mol. The molecule has 10 N–H and O–H groups in total. The number of nitrogens with two attached hydrogens (primary N) is 1. The Hall–Kier alpha value is -10.4. The Balaban J connectivity index is 0.883. The molecule has 1 aliphatic carbocycles. The summed E-state index contributed by atoms with van der Waals surface area (Å²) in [6, 6.07) is 6.66. The lowest BCUT2D eigenvalue weighted by Gasteiger charge is -2.35. The molecule has 9 rings (SSSR count). The zero-order valence-corrected chi connectivity index (χ0v) is 59.1. The van der Waals surface area contributed by atoms with Crippen LogP contribution < -0.4 is 47.4 Å². The molecule has 3 aromatic carbocycles. The van der Waals surface area contributed by atoms with Crippen LogP contribution in [0, 0.1) is 36.5 Å². The highest BCUT2D eigenvalue weighted by molar-refractivity contribution is 6.22. The highest BCUT2D eigenvalue weighted by Gasteiger charge is 2.50. The first-order chi connectivity index (χ1) is 48.5. The number of nitrogens with zero attached hydrogens (tertiary/aromatic N) is 4. The number of hydrogen-bond acceptors (Lipinski definition) is 20. The Morgan fingerprint density at radius 1 is 0.873 bits per heavy atom. The number of nitrogens with one attached hydrogen (secondary N) is 5. The summed E-state index contributed by atoms with van der Waals surface area (Å²) in [6.45, 7) is 17.0. The smallest absolute Gasteiger partial charge is 0.410 e. The van der Waals surface area contributed by atoms with E-state index in [1.807, 2.05) is 24.8 Å². The number of aromatic hydroxyl groups is 2. The van der Waals surface area contributed by atoms with Gasteiger partial charge < -0.3 is 80.8 Å². The highest BCUT2D eigenvalue weighted by Crippen LogP contribution is 2.51. The molecule has 102 heavy (non-hydrogen) atoms. The standard InChI is InChI=1S/C74H92N10O18/c1-39(2)59(79-53(86)19-12-11-13-28-84-54(87)24-25-55(84)88)71(95)78-49(18-15-27-76-72(75)96)70(94)77-47-22-20-46(21-23-47)38-99-73(97)83-31-29-82(30-32-83)48-36-50(85)60-52(37-48)101-67-61(80-60)56-57-64(90)45(8)66-58(56)68(92)74(9,102-66)100-33-26-51(98-10)44(7)63(89)43(6)35-41(4)34-40(3)16-14-17-42(5)69(93)81-62(67)65(57)91/h14,16-17,20-26,33,36-37,39-41,43-44,49,51,59,63,85,89-90H,11-13,15,18-19,27-32,34-35,38H2,1-10H3,(H,77,94)(H,78,95)(H,79,86)(H,81,93)(H3,75,76,96)/b16-14+,33-26+,42-17-/t40-,41+,43+,44+,49-,51-,59-,63-,74-/m0/s1. The second-order valence-electron chi connectivity index (χ2n) is 27.4. The molecule has 4 bridgehead atoms. The van der Waals surface area contributed by atoms with Crippen molar-refractivity contribution in [3.8, 4) is 28.7 Å². The number of primary amides is 1. The first-order valence-electron chi connectivity index (χ1n) is 34.5. The van der Waals surface area contributed by atoms with Gasteiger partial charge in [-0.05, 0) is 99.8 Å². The molecule has 1 fully saturated rings. The number of ether oxygens (including phenoxy) is 4. The van der Waals surface area contributed by atoms with Crippen LogP contribution in [0.3, 0.4) is 0 Å². The molecule has 3 aromatic rings. The van der Waals surface area contributed by atoms with Gasteiger partial charge in [-0.15, -0.1) is 0 Å². The lowest BCUT2D eigenvalue weighted by molar-refractivity contribution is -0.137. The number of imide groups is 1. The summed E-state index contributed by atoms with van der Waals surface area (Å²) in [5.74, 6) is -7.78. The van der Waals surface area contributed by atoms with Crippen molar-refractivity contribution in [2.45, 2.75) is 150 Å². The zero-order chi connectivity index (χ0) is 74.0. The number of phenols is 2. The van der Waals surface area contributed by atoms with E-state index < -0.39 is 94.4 Å². The van der Waals surface area contributed by atoms with Crippen LogP contribution in [0.2, 0.25) is 0 Å². The lowest BCUT2D eigenvalue weighted by Crippen LogP contribution is -2.54. The molecule has 28 nitrogen and oxygen atoms in total. The molecular formula is C74H92N10O18. The van der Waals surface area contributed by atoms with Crippen molar-refractivity contribution in [2.24, 2.45) is 35.3 Å². The number of anilines is 3. The lowest BCUT2D eigenvalue weighted by atomic mass is 9.82. The van der Waals surface area contributed by atoms with Crippen molar-refractivity contribution < 1.29 is 81.8 Å². The summed E-state index contributed by atoms with van der Waals surface area (Å²) in [5.41, 5.74) is 5.03. The molecular weight excluding hydrogens is 1320 g/mol. The fourth-order valence-electron chi connectivity index (χ4n) is 13.3. The molecule has 1 saturated heterocycles. The average molecular weight is 1410 g/mol. The number of hydrogen-bond donors (Lipinski definition) is 9. The Kier molecular flexibility index (Phi) is 24.5. The Bertz CT molecular complexity index is 4180. The van der Waals surface area contributed by atoms with Crippen LogP contribution in [0.4, 0.5) is 26.7 Å². The van der Waals surface area contributed by atoms with E-state index in [1.165, 1.54) is 50.3 Å². The van der Waals surface area contributed by atoms with Gasteiger partial charge in [-0.3, -0.25) is 43.3 Å². The summed E-state index contributed by atoms with van der Waals surface area (Å²) in [5, 5.41) is 48.3. The van der Waals surface area contributed by atoms with E-state index in [0.717, 1.165) is 17.7 Å². The van der Waals surface area contributed by atoms with Crippen LogP contribution in [0.1, 0.15) is 128 Å². The number of amides is 9. The van der Waals surface area contributed by atoms with Crippen LogP contribution in [-0.4, -0.2) is 160 Å². The average Bonchev–Trinajstić information content (AvgIpc) is 1.40. The molecule has 5 aliphatic heterocycles. The Labute approximate surface area is 590 Å². The van der Waals surface area contributed by atoms with Gasteiger partial charge in [0.15, 0.2) is 11.3 Å². The third-order valence-electron chi connectivity index (χ3n) is 19.1. The molecule has 9 amide bonds. The highest BCUT2D eigenvalue weighted by atomic mass is 16.7. The van der Waals surface area contributed by atoms with Gasteiger partial charge in [0.1, 0.15) is 52.8 Å². The van der Waals surface area contributed by atoms with E-state index in [-0.39, 0.29) is 162 Å². The maximum atomic E-state index is 15.1. The number of fused-ring (bicyclic) bond motifs is 2. The van der Waals surface area contributed by atoms with Gasteiger partial charge >= 0.3 is 17.9 Å². The first-order valence-corrected chi connectivity index (χ1v) is 34.5. The van der Waals surface area contributed by atoms with E-state index in [4.69, 9.17) is 34.1 Å². The van der Waals surface area contributed by atoms with Crippen molar-refractivity contribution in [3.05, 3.63) is 112 Å². The van der Waals surface area contributed by atoms with Crippen LogP contribution in [-0.2, 0) is 49.6 Å². The predicted molar refractivity (Wildman–Crippen MR) is 379 cm³/mol. The normalized spacial score (nSPS) is 23.0. The second kappa shape index (κ2) is 33.0. The van der Waals surface area contributed by atoms with Crippen LogP contribution in [0.5, 0.6) is 17.2 Å². The minimum Gasteiger partial charge on any atom is -0.507 e. The molecule has 5 heterocycles. The number of carbonyl (C=O) groups excluding carboxylic acids is 9. The topological polar surface area (TPSA) is 390 Å². The van der Waals surface area contributed by atoms with E-state index in [2.05, 4.69) is 40.4 Å². The summed E-state index contributed by atoms with van der Waals surface area (Å²) in [4.78, 5) is 143. The SMILES string of the molecule is CO[C@H]1/C=C/O[C@@]2(C)Oc3c(C)c(O)c4c(=O)c(c5oc6cc(N7CCN(C(=O)OCc8ccc(NC(=O)[C@H](CCCNC(N)=O)NC(=O)[C@@H](NC(=O)CCCCCN9C(=O)C=CC9=O)C(C)C)cc8)CC7)cc(O)c6nc-5c4c3C2=O)NC(=O)/C(C)=C\C=C\[C@H](C)C[C@@H](C)C[C@@H](C)[C@H](O)[C@@H]1C. The second-order valence-corrected chi connectivity index (χ2v) is 27.4. The van der Waals surface area contributed by atoms with Gasteiger partial charge in [0, 0.05) is 118 Å². The number of ketones is 1. The number of aromatic nitrogens is 1. The number of phenolic OH excluding ortho intramolecular Hbond substituents is 2. The molecule has 0 aromatic heterocycles. The number of Topliss-reactive ketones (excluding diaryl/α,β-unsaturated/α-hetero) is 1. The van der Waals surface area contributed by atoms with E-state index in [0.29, 0.717) is 36.2 Å². The third kappa shape index (κ3) is 17.5. The van der Waals surface area contributed by atoms with Gasteiger partial charge in [-0.25, -0.2) is 14.6 Å². The van der Waals surface area contributed by atoms with Crippen molar-refractivity contribution in [1.29, 1.82) is 0 Å². The van der Waals surface area contributed by atoms with Crippen LogP contribution in [0.15, 0.2) is 93.9 Å². The summed E-state index contributed by atoms with van der Waals surface area (Å²) >= 11 is 0. The van der Waals surface area contributed by atoms with Crippen LogP contribution >= 0.6 is 0 Å². The van der Waals surface area contributed by atoms with Gasteiger partial charge in [-0.1, -0.05) is 78.3 Å². The van der Waals surface area contributed by atoms with E-state index >= 15 is 4.79 Å². The number of rotatable bonds is 20. The predicted octanol–water partition coefficient (Wildman–Crippen LogP) is 8.10. The number of carbonyl (C=O) groups is 9. The maximum absolute atomic E-state index is 15.1. The summed E-state index contributed by atoms with van der Waals surface area (Å²) in [7, 11) is 1.50. The van der Waals surface area contributed by atoms with Crippen molar-refractivity contribution >= 4 is 92.3 Å². The molecule has 28 heteroatoms. The number of aliphatic hydroxyl groups excluding tert-OH is 1. The number of allylic oxidation sites excluding steroid dienone is 3. The quantitative estimate of drug-likeness (QED) is 0.0154. The number of urea groups is 1. The maximum Gasteiger partial charge on any atom is 0.410 e. The summed E-state index contributed by atoms with van der Waals surface area (Å²) < 4.78 is 30.5. The largest absolute Gasteiger partial charge is 0.507 e. The molecule has 546 valence electrons. The minimum atomic E-state index is -2.07. The molecule has 0 unspecified atom stereocenters.